The van der Waals surface area contributed by atoms with Crippen LogP contribution in [-0.4, -0.2) is 37.7 Å². The molecule has 2 N–H and O–H groups in total. The largest absolute Gasteiger partial charge is 0.507 e. The van der Waals surface area contributed by atoms with Crippen LogP contribution in [0, 0.1) is 24.7 Å². The van der Waals surface area contributed by atoms with Gasteiger partial charge in [-0.05, 0) is 79.5 Å². The number of aromatic hydroxyl groups is 2. The fraction of sp³-hybridized carbons (Fsp3) is 0.405. The molecule has 0 fully saturated rings. The number of esters is 1. The van der Waals surface area contributed by atoms with Crippen LogP contribution < -0.4 is 0 Å². The maximum atomic E-state index is 13.0. The van der Waals surface area contributed by atoms with Crippen molar-refractivity contribution in [2.24, 2.45) is 17.8 Å². The van der Waals surface area contributed by atoms with Gasteiger partial charge >= 0.3 is 5.97 Å². The summed E-state index contributed by atoms with van der Waals surface area (Å²) < 4.78 is 5.80. The highest BCUT2D eigenvalue weighted by atomic mass is 16.5. The number of ether oxygens (including phenoxy) is 1. The van der Waals surface area contributed by atoms with Gasteiger partial charge in [0.05, 0.1) is 23.3 Å². The Morgan fingerprint density at radius 3 is 1.95 bits per heavy atom. The average molecular weight is 596 g/mol. The summed E-state index contributed by atoms with van der Waals surface area (Å²) in [5.41, 5.74) is 2.92. The molecule has 4 rings (SSSR count). The molecule has 0 bridgehead atoms. The van der Waals surface area contributed by atoms with Crippen molar-refractivity contribution in [3.8, 4) is 45.7 Å². The van der Waals surface area contributed by atoms with Gasteiger partial charge in [-0.3, -0.25) is 0 Å². The highest BCUT2D eigenvalue weighted by molar-refractivity contribution is 5.90. The van der Waals surface area contributed by atoms with Crippen LogP contribution in [0.15, 0.2) is 66.7 Å². The number of aryl methyl sites for hydroxylation is 1. The van der Waals surface area contributed by atoms with E-state index in [2.05, 4.69) is 42.6 Å². The monoisotopic (exact) mass is 595 g/mol. The maximum absolute atomic E-state index is 13.0. The zero-order valence-corrected chi connectivity index (χ0v) is 26.6. The van der Waals surface area contributed by atoms with Gasteiger partial charge in [0.1, 0.15) is 11.5 Å². The summed E-state index contributed by atoms with van der Waals surface area (Å²) in [4.78, 5) is 26.9. The Morgan fingerprint density at radius 1 is 0.705 bits per heavy atom. The highest BCUT2D eigenvalue weighted by Gasteiger charge is 2.18. The van der Waals surface area contributed by atoms with Gasteiger partial charge in [0.2, 0.25) is 0 Å². The van der Waals surface area contributed by atoms with Crippen molar-refractivity contribution in [1.29, 1.82) is 0 Å². The molecule has 1 aromatic heterocycles. The first kappa shape index (κ1) is 32.6. The van der Waals surface area contributed by atoms with Crippen molar-refractivity contribution < 1.29 is 19.7 Å². The van der Waals surface area contributed by atoms with Crippen LogP contribution >= 0.6 is 0 Å². The summed E-state index contributed by atoms with van der Waals surface area (Å²) in [6.07, 6.45) is 6.85. The first-order chi connectivity index (χ1) is 21.1. The van der Waals surface area contributed by atoms with Crippen LogP contribution in [-0.2, 0) is 4.74 Å². The molecule has 0 radical (unpaired) electrons. The molecule has 1 unspecified atom stereocenters. The second-order valence-electron chi connectivity index (χ2n) is 12.5. The summed E-state index contributed by atoms with van der Waals surface area (Å²) in [6, 6.07) is 19.1. The van der Waals surface area contributed by atoms with Crippen LogP contribution in [0.2, 0.25) is 0 Å². The molecule has 0 aliphatic rings. The minimum absolute atomic E-state index is 0.0356. The Balaban J connectivity index is 1.54. The molecule has 4 aromatic rings. The zero-order chi connectivity index (χ0) is 31.6. The van der Waals surface area contributed by atoms with Crippen LogP contribution in [0.5, 0.6) is 11.5 Å². The fourth-order valence-electron chi connectivity index (χ4n) is 5.14. The van der Waals surface area contributed by atoms with E-state index < -0.39 is 0 Å². The number of benzene rings is 3. The molecule has 1 heterocycles. The lowest BCUT2D eigenvalue weighted by molar-refractivity contribution is 0.0420. The van der Waals surface area contributed by atoms with E-state index >= 15 is 0 Å². The van der Waals surface area contributed by atoms with Crippen LogP contribution in [0.3, 0.4) is 0 Å². The summed E-state index contributed by atoms with van der Waals surface area (Å²) in [7, 11) is 0. The van der Waals surface area contributed by atoms with Gasteiger partial charge in [0, 0.05) is 5.56 Å². The molecule has 0 aliphatic heterocycles. The first-order valence-corrected chi connectivity index (χ1v) is 15.7. The number of unbranched alkanes of at least 4 members (excludes halogenated alkanes) is 1. The topological polar surface area (TPSA) is 105 Å². The van der Waals surface area contributed by atoms with Crippen molar-refractivity contribution in [3.05, 3.63) is 77.9 Å². The molecule has 232 valence electrons. The van der Waals surface area contributed by atoms with Crippen molar-refractivity contribution >= 4 is 5.97 Å². The van der Waals surface area contributed by atoms with Gasteiger partial charge in [0.15, 0.2) is 17.5 Å². The second kappa shape index (κ2) is 15.5. The predicted octanol–water partition coefficient (Wildman–Crippen LogP) is 9.02. The van der Waals surface area contributed by atoms with Gasteiger partial charge in [-0.1, -0.05) is 83.7 Å². The van der Waals surface area contributed by atoms with Crippen LogP contribution in [0.1, 0.15) is 82.1 Å². The SMILES string of the molecule is Cc1ccc(-c2nc(-c3ccc(C(=O)OCC(CCCCC(C)C)CCC(C)C)cc3)nc(-c3ccccc3O)n2)c(O)c1. The highest BCUT2D eigenvalue weighted by Crippen LogP contribution is 2.33. The summed E-state index contributed by atoms with van der Waals surface area (Å²) in [5, 5.41) is 21.2. The van der Waals surface area contributed by atoms with E-state index in [1.807, 2.05) is 13.0 Å². The Hall–Kier alpha value is -4.26. The van der Waals surface area contributed by atoms with E-state index in [0.717, 1.165) is 31.2 Å². The Kier molecular flexibility index (Phi) is 11.5. The van der Waals surface area contributed by atoms with Gasteiger partial charge in [-0.25, -0.2) is 19.7 Å². The van der Waals surface area contributed by atoms with Gasteiger partial charge in [-0.2, -0.15) is 0 Å². The Bertz CT molecular complexity index is 1530. The van der Waals surface area contributed by atoms with Crippen LogP contribution in [0.4, 0.5) is 0 Å². The molecule has 0 saturated heterocycles. The number of hydrogen-bond acceptors (Lipinski definition) is 7. The summed E-state index contributed by atoms with van der Waals surface area (Å²) in [6.45, 7) is 11.3. The Labute approximate surface area is 261 Å². The summed E-state index contributed by atoms with van der Waals surface area (Å²) >= 11 is 0. The molecule has 44 heavy (non-hydrogen) atoms. The molecule has 7 nitrogen and oxygen atoms in total. The molecular weight excluding hydrogens is 550 g/mol. The van der Waals surface area contributed by atoms with E-state index in [4.69, 9.17) is 4.74 Å². The molecular formula is C37H45N3O4. The normalized spacial score (nSPS) is 12.1. The smallest absolute Gasteiger partial charge is 0.338 e. The number of phenolic OH excluding ortho intramolecular Hbond substituents is 2. The predicted molar refractivity (Wildman–Crippen MR) is 175 cm³/mol. The number of carbonyl (C=O) groups is 1. The van der Waals surface area contributed by atoms with Crippen molar-refractivity contribution in [3.63, 3.8) is 0 Å². The third kappa shape index (κ3) is 9.12. The quantitative estimate of drug-likeness (QED) is 0.111. The average Bonchev–Trinajstić information content (AvgIpc) is 3.00. The lowest BCUT2D eigenvalue weighted by Gasteiger charge is -2.18. The van der Waals surface area contributed by atoms with Gasteiger partial charge < -0.3 is 14.9 Å². The molecule has 3 aromatic carbocycles. The van der Waals surface area contributed by atoms with Gasteiger partial charge in [-0.15, -0.1) is 0 Å². The Morgan fingerprint density at radius 2 is 1.32 bits per heavy atom. The maximum Gasteiger partial charge on any atom is 0.338 e. The molecule has 0 amide bonds. The zero-order valence-electron chi connectivity index (χ0n) is 26.6. The van der Waals surface area contributed by atoms with E-state index in [1.54, 1.807) is 60.7 Å². The molecule has 7 heteroatoms. The third-order valence-electron chi connectivity index (χ3n) is 7.80. The van der Waals surface area contributed by atoms with E-state index in [-0.39, 0.29) is 29.1 Å². The fourth-order valence-corrected chi connectivity index (χ4v) is 5.14. The van der Waals surface area contributed by atoms with Crippen molar-refractivity contribution in [1.82, 2.24) is 15.0 Å². The number of nitrogens with zero attached hydrogens (tertiary/aromatic N) is 3. The van der Waals surface area contributed by atoms with Crippen molar-refractivity contribution in [2.45, 2.75) is 73.1 Å². The standard InChI is InChI=1S/C37H45N3O4/c1-24(2)10-6-7-11-27(16-14-25(3)4)23-44-37(43)29-19-17-28(18-20-29)34-38-35(30-12-8-9-13-32(30)41)40-36(39-34)31-21-15-26(5)22-33(31)42/h8-9,12-13,15,17-22,24-25,27,41-42H,6-7,10-11,14,16,23H2,1-5H3. The number of para-hydroxylation sites is 1. The summed E-state index contributed by atoms with van der Waals surface area (Å²) in [5.74, 6) is 2.33. The number of rotatable bonds is 14. The number of aromatic nitrogens is 3. The van der Waals surface area contributed by atoms with Crippen molar-refractivity contribution in [2.75, 3.05) is 6.61 Å². The molecule has 0 saturated carbocycles. The lowest BCUT2D eigenvalue weighted by Crippen LogP contribution is -2.15. The van der Waals surface area contributed by atoms with E-state index in [1.165, 1.54) is 12.8 Å². The minimum Gasteiger partial charge on any atom is -0.507 e. The second-order valence-corrected chi connectivity index (χ2v) is 12.5. The van der Waals surface area contributed by atoms with E-state index in [9.17, 15) is 15.0 Å². The minimum atomic E-state index is -0.343. The number of carbonyl (C=O) groups excluding carboxylic acids is 1. The van der Waals surface area contributed by atoms with Crippen LogP contribution in [0.25, 0.3) is 34.2 Å². The van der Waals surface area contributed by atoms with Gasteiger partial charge in [0.25, 0.3) is 0 Å². The third-order valence-corrected chi connectivity index (χ3v) is 7.80. The molecule has 0 aliphatic carbocycles. The number of phenols is 2. The molecule has 1 atom stereocenters. The van der Waals surface area contributed by atoms with E-state index in [0.29, 0.717) is 52.4 Å². The lowest BCUT2D eigenvalue weighted by atomic mass is 9.93. The molecule has 0 spiro atoms. The number of hydrogen-bond donors (Lipinski definition) is 2. The first-order valence-electron chi connectivity index (χ1n) is 15.7.